The van der Waals surface area contributed by atoms with Gasteiger partial charge in [-0.3, -0.25) is 0 Å². The lowest BCUT2D eigenvalue weighted by atomic mass is 9.92. The smallest absolute Gasteiger partial charge is 0.338 e. The summed E-state index contributed by atoms with van der Waals surface area (Å²) in [5.41, 5.74) is 4.00. The molecule has 31 heavy (non-hydrogen) atoms. The number of aliphatic imine (C=N–C) groups is 1. The van der Waals surface area contributed by atoms with Crippen molar-refractivity contribution in [3.8, 4) is 5.75 Å². The van der Waals surface area contributed by atoms with Gasteiger partial charge in [0.25, 0.3) is 0 Å². The van der Waals surface area contributed by atoms with Gasteiger partial charge in [-0.05, 0) is 44.5 Å². The number of rotatable bonds is 6. The fourth-order valence-electron chi connectivity index (χ4n) is 3.77. The summed E-state index contributed by atoms with van der Waals surface area (Å²) < 4.78 is 11.4. The maximum atomic E-state index is 13.1. The summed E-state index contributed by atoms with van der Waals surface area (Å²) in [5.74, 6) is 0.365. The van der Waals surface area contributed by atoms with Gasteiger partial charge < -0.3 is 14.4 Å². The summed E-state index contributed by atoms with van der Waals surface area (Å²) in [6.45, 7) is 6.42. The minimum atomic E-state index is -0.425. The van der Waals surface area contributed by atoms with E-state index in [1.165, 1.54) is 11.8 Å². The minimum Gasteiger partial charge on any atom is -0.494 e. The first-order valence-electron chi connectivity index (χ1n) is 10.2. The third-order valence-corrected chi connectivity index (χ3v) is 6.17. The van der Waals surface area contributed by atoms with Crippen LogP contribution in [0.1, 0.15) is 37.9 Å². The van der Waals surface area contributed by atoms with E-state index in [9.17, 15) is 4.79 Å². The van der Waals surface area contributed by atoms with Crippen LogP contribution in [0.4, 0.5) is 0 Å². The van der Waals surface area contributed by atoms with E-state index < -0.39 is 6.04 Å². The summed E-state index contributed by atoms with van der Waals surface area (Å²) in [6.07, 6.45) is 0. The molecule has 0 amide bonds. The Labute approximate surface area is 191 Å². The van der Waals surface area contributed by atoms with Crippen LogP contribution < -0.4 is 4.74 Å². The molecule has 0 aliphatic carbocycles. The Morgan fingerprint density at radius 3 is 2.58 bits per heavy atom. The molecule has 4 rings (SSSR count). The first kappa shape index (κ1) is 21.5. The fraction of sp³-hybridized carbons (Fsp3) is 0.250. The molecular formula is C24H23ClN2O3S. The predicted octanol–water partition coefficient (Wildman–Crippen LogP) is 6.03. The van der Waals surface area contributed by atoms with E-state index in [-0.39, 0.29) is 5.97 Å². The molecule has 2 aliphatic rings. The standard InChI is InChI=1S/C24H23ClN2O3S/c1-4-29-20-9-7-6-8-18(20)22-21(23(28)30-5-2)15(3)26-24-27(22)19(14-31-24)16-10-12-17(25)13-11-16/h6-14,22H,4-5H2,1-3H3/t22-/m1/s1. The highest BCUT2D eigenvalue weighted by atomic mass is 35.5. The normalized spacial score (nSPS) is 17.8. The van der Waals surface area contributed by atoms with Crippen LogP contribution in [0.15, 0.2) is 70.2 Å². The highest BCUT2D eigenvalue weighted by Crippen LogP contribution is 2.48. The molecule has 1 atom stereocenters. The average Bonchev–Trinajstić information content (AvgIpc) is 3.17. The van der Waals surface area contributed by atoms with Crippen molar-refractivity contribution in [2.45, 2.75) is 26.8 Å². The molecule has 0 spiro atoms. The molecule has 0 bridgehead atoms. The van der Waals surface area contributed by atoms with Crippen molar-refractivity contribution in [3.05, 3.63) is 81.4 Å². The summed E-state index contributed by atoms with van der Waals surface area (Å²) in [7, 11) is 0. The highest BCUT2D eigenvalue weighted by molar-refractivity contribution is 8.16. The van der Waals surface area contributed by atoms with Gasteiger partial charge in [-0.25, -0.2) is 9.79 Å². The predicted molar refractivity (Wildman–Crippen MR) is 126 cm³/mol. The number of nitrogens with zero attached hydrogens (tertiary/aromatic N) is 2. The summed E-state index contributed by atoms with van der Waals surface area (Å²) in [5, 5.41) is 3.54. The minimum absolute atomic E-state index is 0.292. The maximum Gasteiger partial charge on any atom is 0.338 e. The van der Waals surface area contributed by atoms with E-state index >= 15 is 0 Å². The fourth-order valence-corrected chi connectivity index (χ4v) is 4.87. The lowest BCUT2D eigenvalue weighted by Gasteiger charge is -2.37. The molecule has 7 heteroatoms. The van der Waals surface area contributed by atoms with Crippen LogP contribution >= 0.6 is 23.4 Å². The number of hydrogen-bond acceptors (Lipinski definition) is 6. The van der Waals surface area contributed by atoms with Crippen LogP contribution in [0.25, 0.3) is 5.70 Å². The van der Waals surface area contributed by atoms with Crippen molar-refractivity contribution in [1.82, 2.24) is 4.90 Å². The number of allylic oxidation sites excluding steroid dienone is 1. The summed E-state index contributed by atoms with van der Waals surface area (Å²) >= 11 is 7.64. The Morgan fingerprint density at radius 2 is 1.87 bits per heavy atom. The molecule has 0 saturated heterocycles. The third-order valence-electron chi connectivity index (χ3n) is 5.08. The molecule has 0 radical (unpaired) electrons. The summed E-state index contributed by atoms with van der Waals surface area (Å²) in [4.78, 5) is 19.9. The number of para-hydroxylation sites is 1. The quantitative estimate of drug-likeness (QED) is 0.498. The number of carbonyl (C=O) groups is 1. The molecule has 160 valence electrons. The van der Waals surface area contributed by atoms with Crippen molar-refractivity contribution in [1.29, 1.82) is 0 Å². The molecule has 2 aromatic carbocycles. The number of carbonyl (C=O) groups excluding carboxylic acids is 1. The van der Waals surface area contributed by atoms with E-state index in [1.54, 1.807) is 6.92 Å². The first-order chi connectivity index (χ1) is 15.0. The van der Waals surface area contributed by atoms with Crippen LogP contribution in [-0.2, 0) is 9.53 Å². The van der Waals surface area contributed by atoms with Gasteiger partial charge in [0.15, 0.2) is 5.17 Å². The number of ether oxygens (including phenoxy) is 2. The van der Waals surface area contributed by atoms with Crippen LogP contribution in [0.2, 0.25) is 5.02 Å². The average molecular weight is 455 g/mol. The number of thioether (sulfide) groups is 1. The van der Waals surface area contributed by atoms with E-state index in [0.29, 0.717) is 29.5 Å². The zero-order valence-electron chi connectivity index (χ0n) is 17.6. The number of halogens is 1. The van der Waals surface area contributed by atoms with Gasteiger partial charge in [-0.15, -0.1) is 0 Å². The second-order valence-corrected chi connectivity index (χ2v) is 8.26. The van der Waals surface area contributed by atoms with Gasteiger partial charge in [0.1, 0.15) is 5.75 Å². The maximum absolute atomic E-state index is 13.1. The largest absolute Gasteiger partial charge is 0.494 e. The lowest BCUT2D eigenvalue weighted by molar-refractivity contribution is -0.139. The van der Waals surface area contributed by atoms with Crippen molar-refractivity contribution in [3.63, 3.8) is 0 Å². The second kappa shape index (κ2) is 9.20. The van der Waals surface area contributed by atoms with E-state index in [0.717, 1.165) is 27.7 Å². The van der Waals surface area contributed by atoms with E-state index in [2.05, 4.69) is 10.3 Å². The Bertz CT molecular complexity index is 1090. The monoisotopic (exact) mass is 454 g/mol. The summed E-state index contributed by atoms with van der Waals surface area (Å²) in [6, 6.07) is 15.0. The second-order valence-electron chi connectivity index (χ2n) is 6.99. The van der Waals surface area contributed by atoms with Crippen molar-refractivity contribution in [2.24, 2.45) is 4.99 Å². The van der Waals surface area contributed by atoms with Crippen molar-refractivity contribution < 1.29 is 14.3 Å². The molecular weight excluding hydrogens is 432 g/mol. The Hall–Kier alpha value is -2.70. The first-order valence-corrected chi connectivity index (χ1v) is 11.4. The van der Waals surface area contributed by atoms with Gasteiger partial charge in [0.2, 0.25) is 0 Å². The van der Waals surface area contributed by atoms with Crippen LogP contribution in [0.3, 0.4) is 0 Å². The van der Waals surface area contributed by atoms with Crippen LogP contribution in [-0.4, -0.2) is 29.3 Å². The lowest BCUT2D eigenvalue weighted by Crippen LogP contribution is -2.36. The van der Waals surface area contributed by atoms with Gasteiger partial charge in [0, 0.05) is 16.0 Å². The Balaban J connectivity index is 1.89. The number of esters is 1. The molecule has 0 fully saturated rings. The Morgan fingerprint density at radius 1 is 1.13 bits per heavy atom. The SMILES string of the molecule is CCOC(=O)C1=C(C)N=C2SC=C(c3ccc(Cl)cc3)N2[C@@H]1c1ccccc1OCC. The zero-order chi connectivity index (χ0) is 22.0. The Kier molecular flexibility index (Phi) is 6.39. The number of benzene rings is 2. The van der Waals surface area contributed by atoms with Gasteiger partial charge in [-0.1, -0.05) is 53.7 Å². The molecule has 2 heterocycles. The van der Waals surface area contributed by atoms with E-state index in [1.807, 2.05) is 62.4 Å². The van der Waals surface area contributed by atoms with Crippen LogP contribution in [0, 0.1) is 0 Å². The molecule has 0 aromatic heterocycles. The zero-order valence-corrected chi connectivity index (χ0v) is 19.2. The molecule has 0 unspecified atom stereocenters. The third kappa shape index (κ3) is 4.10. The molecule has 2 aliphatic heterocycles. The van der Waals surface area contributed by atoms with Crippen molar-refractivity contribution in [2.75, 3.05) is 13.2 Å². The van der Waals surface area contributed by atoms with Gasteiger partial charge >= 0.3 is 5.97 Å². The van der Waals surface area contributed by atoms with Gasteiger partial charge in [-0.2, -0.15) is 0 Å². The van der Waals surface area contributed by atoms with Crippen molar-refractivity contribution >= 4 is 40.2 Å². The highest BCUT2D eigenvalue weighted by Gasteiger charge is 2.42. The van der Waals surface area contributed by atoms with Crippen LogP contribution in [0.5, 0.6) is 5.75 Å². The number of amidine groups is 1. The topological polar surface area (TPSA) is 51.1 Å². The molecule has 2 aromatic rings. The molecule has 0 saturated carbocycles. The van der Waals surface area contributed by atoms with Gasteiger partial charge in [0.05, 0.1) is 36.2 Å². The molecule has 0 N–H and O–H groups in total. The number of hydrogen-bond donors (Lipinski definition) is 0. The number of fused-ring (bicyclic) bond motifs is 1. The van der Waals surface area contributed by atoms with E-state index in [4.69, 9.17) is 26.1 Å². The molecule has 5 nitrogen and oxygen atoms in total.